The van der Waals surface area contributed by atoms with Gasteiger partial charge in [-0.25, -0.2) is 4.79 Å². The van der Waals surface area contributed by atoms with E-state index in [1.54, 1.807) is 14.0 Å². The maximum absolute atomic E-state index is 12.2. The summed E-state index contributed by atoms with van der Waals surface area (Å²) >= 11 is 7.17. The number of carbonyl (C=O) groups is 2. The fraction of sp³-hybridized carbons (Fsp3) is 0.312. The van der Waals surface area contributed by atoms with Gasteiger partial charge in [0.25, 0.3) is 5.91 Å². The SMILES string of the molecule is CNc1snc(C)c1C(=O)OCC(=O)Nc1cc(OC)c(Cl)cc1OC. The lowest BCUT2D eigenvalue weighted by atomic mass is 10.2. The maximum Gasteiger partial charge on any atom is 0.343 e. The van der Waals surface area contributed by atoms with Gasteiger partial charge < -0.3 is 24.8 Å². The minimum Gasteiger partial charge on any atom is -0.495 e. The van der Waals surface area contributed by atoms with E-state index in [0.717, 1.165) is 11.5 Å². The average molecular weight is 400 g/mol. The number of benzene rings is 1. The Balaban J connectivity index is 2.05. The number of anilines is 2. The number of ether oxygens (including phenoxy) is 3. The fourth-order valence-electron chi connectivity index (χ4n) is 2.13. The normalized spacial score (nSPS) is 10.2. The Morgan fingerprint density at radius 2 is 1.92 bits per heavy atom. The van der Waals surface area contributed by atoms with Crippen molar-refractivity contribution < 1.29 is 23.8 Å². The highest BCUT2D eigenvalue weighted by Gasteiger charge is 2.20. The van der Waals surface area contributed by atoms with Gasteiger partial charge in [0.05, 0.1) is 30.6 Å². The van der Waals surface area contributed by atoms with Gasteiger partial charge in [-0.2, -0.15) is 4.37 Å². The van der Waals surface area contributed by atoms with E-state index in [2.05, 4.69) is 15.0 Å². The van der Waals surface area contributed by atoms with Crippen LogP contribution in [-0.4, -0.2) is 44.1 Å². The standard InChI is InChI=1S/C16H18ClN3O5S/c1-8-14(15(18-2)26-20-8)16(22)25-7-13(21)19-10-6-11(23-3)9(17)5-12(10)24-4/h5-6,18H,7H2,1-4H3,(H,19,21). The summed E-state index contributed by atoms with van der Waals surface area (Å²) in [5, 5.41) is 6.39. The predicted octanol–water partition coefficient (Wildman–Crippen LogP) is 2.96. The number of aromatic nitrogens is 1. The second kappa shape index (κ2) is 8.72. The minimum absolute atomic E-state index is 0.316. The van der Waals surface area contributed by atoms with Gasteiger partial charge in [0.1, 0.15) is 22.1 Å². The van der Waals surface area contributed by atoms with Crippen molar-refractivity contribution in [2.24, 2.45) is 0 Å². The number of carbonyl (C=O) groups excluding carboxylic acids is 2. The van der Waals surface area contributed by atoms with Crippen molar-refractivity contribution in [1.82, 2.24) is 4.37 Å². The summed E-state index contributed by atoms with van der Waals surface area (Å²) in [5.74, 6) is -0.437. The summed E-state index contributed by atoms with van der Waals surface area (Å²) in [6, 6.07) is 3.04. The Kier molecular flexibility index (Phi) is 6.64. The number of hydrogen-bond donors (Lipinski definition) is 2. The first-order valence-electron chi connectivity index (χ1n) is 7.43. The van der Waals surface area contributed by atoms with E-state index in [9.17, 15) is 9.59 Å². The smallest absolute Gasteiger partial charge is 0.343 e. The van der Waals surface area contributed by atoms with Crippen molar-refractivity contribution in [1.29, 1.82) is 0 Å². The first-order chi connectivity index (χ1) is 12.4. The van der Waals surface area contributed by atoms with Crippen LogP contribution in [-0.2, 0) is 9.53 Å². The molecule has 0 saturated carbocycles. The van der Waals surface area contributed by atoms with Crippen LogP contribution in [0.5, 0.6) is 11.5 Å². The third-order valence-corrected chi connectivity index (χ3v) is 4.63. The van der Waals surface area contributed by atoms with Crippen LogP contribution in [0.15, 0.2) is 12.1 Å². The Bertz CT molecular complexity index is 824. The Morgan fingerprint density at radius 3 is 2.54 bits per heavy atom. The number of hydrogen-bond acceptors (Lipinski definition) is 8. The molecule has 1 heterocycles. The quantitative estimate of drug-likeness (QED) is 0.690. The summed E-state index contributed by atoms with van der Waals surface area (Å²) in [4.78, 5) is 24.3. The highest BCUT2D eigenvalue weighted by molar-refractivity contribution is 7.10. The lowest BCUT2D eigenvalue weighted by molar-refractivity contribution is -0.119. The third-order valence-electron chi connectivity index (χ3n) is 3.38. The van der Waals surface area contributed by atoms with Crippen LogP contribution in [0.4, 0.5) is 10.7 Å². The van der Waals surface area contributed by atoms with Gasteiger partial charge in [0.2, 0.25) is 0 Å². The summed E-state index contributed by atoms with van der Waals surface area (Å²) in [7, 11) is 4.58. The number of esters is 1. The zero-order valence-corrected chi connectivity index (χ0v) is 16.2. The predicted molar refractivity (Wildman–Crippen MR) is 99.9 cm³/mol. The molecule has 0 aliphatic carbocycles. The Labute approximate surface area is 159 Å². The molecule has 0 bridgehead atoms. The monoisotopic (exact) mass is 399 g/mol. The van der Waals surface area contributed by atoms with Gasteiger partial charge in [-0.1, -0.05) is 11.6 Å². The second-order valence-electron chi connectivity index (χ2n) is 5.03. The molecule has 0 fully saturated rings. The van der Waals surface area contributed by atoms with Crippen molar-refractivity contribution in [3.63, 3.8) is 0 Å². The number of rotatable bonds is 7. The van der Waals surface area contributed by atoms with Crippen LogP contribution in [0.25, 0.3) is 0 Å². The number of amides is 1. The topological polar surface area (TPSA) is 98.8 Å². The second-order valence-corrected chi connectivity index (χ2v) is 6.21. The molecule has 2 rings (SSSR count). The molecule has 0 saturated heterocycles. The van der Waals surface area contributed by atoms with E-state index in [0.29, 0.717) is 38.5 Å². The molecular weight excluding hydrogens is 382 g/mol. The molecule has 8 nitrogen and oxygen atoms in total. The van der Waals surface area contributed by atoms with Gasteiger partial charge >= 0.3 is 5.97 Å². The molecule has 0 atom stereocenters. The molecule has 1 aromatic carbocycles. The van der Waals surface area contributed by atoms with Gasteiger partial charge in [-0.15, -0.1) is 0 Å². The summed E-state index contributed by atoms with van der Waals surface area (Å²) in [5.41, 5.74) is 1.20. The van der Waals surface area contributed by atoms with Crippen LogP contribution in [0.2, 0.25) is 5.02 Å². The van der Waals surface area contributed by atoms with Crippen LogP contribution < -0.4 is 20.1 Å². The zero-order chi connectivity index (χ0) is 19.3. The largest absolute Gasteiger partial charge is 0.495 e. The van der Waals surface area contributed by atoms with E-state index >= 15 is 0 Å². The molecule has 2 N–H and O–H groups in total. The highest BCUT2D eigenvalue weighted by atomic mass is 35.5. The zero-order valence-electron chi connectivity index (χ0n) is 14.6. The summed E-state index contributed by atoms with van der Waals surface area (Å²) in [6.45, 7) is 1.23. The van der Waals surface area contributed by atoms with E-state index in [4.69, 9.17) is 25.8 Å². The molecule has 26 heavy (non-hydrogen) atoms. The van der Waals surface area contributed by atoms with E-state index in [-0.39, 0.29) is 0 Å². The Morgan fingerprint density at radius 1 is 1.23 bits per heavy atom. The maximum atomic E-state index is 12.2. The lowest BCUT2D eigenvalue weighted by Crippen LogP contribution is -2.21. The first kappa shape index (κ1) is 19.8. The van der Waals surface area contributed by atoms with Gasteiger partial charge in [0.15, 0.2) is 6.61 Å². The van der Waals surface area contributed by atoms with Crippen molar-refractivity contribution in [2.75, 3.05) is 38.5 Å². The van der Waals surface area contributed by atoms with E-state index in [1.165, 1.54) is 26.4 Å². The molecule has 2 aromatic rings. The lowest BCUT2D eigenvalue weighted by Gasteiger charge is -2.13. The molecule has 0 spiro atoms. The van der Waals surface area contributed by atoms with Gasteiger partial charge in [-0.05, 0) is 18.5 Å². The van der Waals surface area contributed by atoms with E-state index in [1.807, 2.05) is 0 Å². The van der Waals surface area contributed by atoms with Crippen molar-refractivity contribution in [3.8, 4) is 11.5 Å². The van der Waals surface area contributed by atoms with Crippen molar-refractivity contribution in [2.45, 2.75) is 6.92 Å². The number of nitrogens with zero attached hydrogens (tertiary/aromatic N) is 1. The van der Waals surface area contributed by atoms with E-state index < -0.39 is 18.5 Å². The summed E-state index contributed by atoms with van der Waals surface area (Å²) in [6.07, 6.45) is 0. The number of halogens is 1. The molecule has 140 valence electrons. The Hall–Kier alpha value is -2.52. The van der Waals surface area contributed by atoms with Crippen LogP contribution in [0, 0.1) is 6.92 Å². The van der Waals surface area contributed by atoms with Gasteiger partial charge in [0, 0.05) is 19.2 Å². The highest BCUT2D eigenvalue weighted by Crippen LogP contribution is 2.35. The molecule has 0 unspecified atom stereocenters. The van der Waals surface area contributed by atoms with Crippen LogP contribution in [0.3, 0.4) is 0 Å². The average Bonchev–Trinajstić information content (AvgIpc) is 3.01. The fourth-order valence-corrected chi connectivity index (χ4v) is 3.09. The van der Waals surface area contributed by atoms with Crippen molar-refractivity contribution in [3.05, 3.63) is 28.4 Å². The molecule has 0 radical (unpaired) electrons. The molecule has 1 aromatic heterocycles. The molecule has 1 amide bonds. The first-order valence-corrected chi connectivity index (χ1v) is 8.58. The van der Waals surface area contributed by atoms with Crippen molar-refractivity contribution >= 4 is 45.7 Å². The molecule has 0 aliphatic rings. The molecule has 0 aliphatic heterocycles. The minimum atomic E-state index is -0.628. The number of aryl methyl sites for hydroxylation is 1. The summed E-state index contributed by atoms with van der Waals surface area (Å²) < 4.78 is 19.5. The van der Waals surface area contributed by atoms with Crippen LogP contribution >= 0.6 is 23.1 Å². The third kappa shape index (κ3) is 4.36. The number of methoxy groups -OCH3 is 2. The molecule has 10 heteroatoms. The van der Waals surface area contributed by atoms with Crippen LogP contribution in [0.1, 0.15) is 16.1 Å². The van der Waals surface area contributed by atoms with Gasteiger partial charge in [-0.3, -0.25) is 4.79 Å². The molecular formula is C16H18ClN3O5S. The number of nitrogens with one attached hydrogen (secondary N) is 2.